The van der Waals surface area contributed by atoms with Gasteiger partial charge in [0.25, 0.3) is 0 Å². The Bertz CT molecular complexity index is 497. The van der Waals surface area contributed by atoms with Crippen LogP contribution in [0.5, 0.6) is 0 Å². The standard InChI is InChI=1S/C13H17ClN2O3/c1-13(2,3)19-12(17)16-10-6-11(14)15-9-4-5-18-7-8(9)10/h6H,4-5,7H2,1-3H3,(H,15,16,17). The fourth-order valence-electron chi connectivity index (χ4n) is 1.83. The number of halogens is 1. The van der Waals surface area contributed by atoms with Gasteiger partial charge in [0.05, 0.1) is 24.6 Å². The van der Waals surface area contributed by atoms with E-state index in [0.717, 1.165) is 11.3 Å². The molecule has 5 nitrogen and oxygen atoms in total. The van der Waals surface area contributed by atoms with Gasteiger partial charge in [0, 0.05) is 12.0 Å². The molecule has 0 saturated carbocycles. The molecule has 1 aromatic heterocycles. The summed E-state index contributed by atoms with van der Waals surface area (Å²) < 4.78 is 10.6. The first kappa shape index (κ1) is 14.1. The van der Waals surface area contributed by atoms with Crippen LogP contribution in [0.3, 0.4) is 0 Å². The molecule has 0 unspecified atom stereocenters. The summed E-state index contributed by atoms with van der Waals surface area (Å²) in [6.07, 6.45) is 0.182. The minimum absolute atomic E-state index is 0.353. The Hall–Kier alpha value is -1.33. The summed E-state index contributed by atoms with van der Waals surface area (Å²) in [4.78, 5) is 16.0. The lowest BCUT2D eigenvalue weighted by Crippen LogP contribution is -2.28. The van der Waals surface area contributed by atoms with Crippen LogP contribution in [0.15, 0.2) is 6.07 Å². The first-order chi connectivity index (χ1) is 8.85. The molecule has 0 aromatic carbocycles. The van der Waals surface area contributed by atoms with Crippen molar-refractivity contribution in [1.82, 2.24) is 4.98 Å². The average Bonchev–Trinajstić information content (AvgIpc) is 2.25. The molecular formula is C13H17ClN2O3. The molecular weight excluding hydrogens is 268 g/mol. The number of nitrogens with one attached hydrogen (secondary N) is 1. The van der Waals surface area contributed by atoms with Crippen LogP contribution in [-0.2, 0) is 22.5 Å². The van der Waals surface area contributed by atoms with Crippen molar-refractivity contribution in [3.8, 4) is 0 Å². The van der Waals surface area contributed by atoms with Gasteiger partial charge in [-0.25, -0.2) is 9.78 Å². The highest BCUT2D eigenvalue weighted by molar-refractivity contribution is 6.29. The largest absolute Gasteiger partial charge is 0.444 e. The lowest BCUT2D eigenvalue weighted by molar-refractivity contribution is 0.0635. The van der Waals surface area contributed by atoms with Gasteiger partial charge in [0.1, 0.15) is 10.8 Å². The van der Waals surface area contributed by atoms with Gasteiger partial charge in [-0.1, -0.05) is 11.6 Å². The third-order valence-corrected chi connectivity index (χ3v) is 2.74. The molecule has 0 fully saturated rings. The molecule has 0 radical (unpaired) electrons. The molecule has 0 bridgehead atoms. The summed E-state index contributed by atoms with van der Waals surface area (Å²) in [7, 11) is 0. The second-order valence-corrected chi connectivity index (χ2v) is 5.73. The number of carbonyl (C=O) groups is 1. The number of aromatic nitrogens is 1. The van der Waals surface area contributed by atoms with Crippen molar-refractivity contribution in [2.75, 3.05) is 11.9 Å². The summed E-state index contributed by atoms with van der Waals surface area (Å²) in [5.41, 5.74) is 1.78. The number of nitrogens with zero attached hydrogens (tertiary/aromatic N) is 1. The van der Waals surface area contributed by atoms with E-state index in [4.69, 9.17) is 21.1 Å². The third kappa shape index (κ3) is 3.81. The Morgan fingerprint density at radius 3 is 2.95 bits per heavy atom. The summed E-state index contributed by atoms with van der Waals surface area (Å²) >= 11 is 5.95. The number of hydrogen-bond donors (Lipinski definition) is 1. The van der Waals surface area contributed by atoms with Crippen LogP contribution in [0.2, 0.25) is 5.15 Å². The highest BCUT2D eigenvalue weighted by Gasteiger charge is 2.21. The van der Waals surface area contributed by atoms with E-state index in [1.165, 1.54) is 0 Å². The van der Waals surface area contributed by atoms with Crippen molar-refractivity contribution < 1.29 is 14.3 Å². The Morgan fingerprint density at radius 1 is 1.53 bits per heavy atom. The fourth-order valence-corrected chi connectivity index (χ4v) is 2.04. The van der Waals surface area contributed by atoms with Gasteiger partial charge in [-0.3, -0.25) is 5.32 Å². The third-order valence-electron chi connectivity index (χ3n) is 2.54. The van der Waals surface area contributed by atoms with Crippen LogP contribution < -0.4 is 5.32 Å². The van der Waals surface area contributed by atoms with Gasteiger partial charge < -0.3 is 9.47 Å². The average molecular weight is 285 g/mol. The minimum atomic E-state index is -0.544. The van der Waals surface area contributed by atoms with Gasteiger partial charge in [-0.05, 0) is 26.8 Å². The van der Waals surface area contributed by atoms with Crippen molar-refractivity contribution in [2.45, 2.75) is 39.4 Å². The quantitative estimate of drug-likeness (QED) is 0.805. The molecule has 0 aliphatic carbocycles. The molecule has 2 rings (SSSR count). The summed E-state index contributed by atoms with van der Waals surface area (Å²) in [5, 5.41) is 3.06. The molecule has 2 heterocycles. The lowest BCUT2D eigenvalue weighted by Gasteiger charge is -2.22. The molecule has 104 valence electrons. The van der Waals surface area contributed by atoms with Crippen LogP contribution in [0, 0.1) is 0 Å². The predicted octanol–water partition coefficient (Wildman–Crippen LogP) is 3.15. The van der Waals surface area contributed by atoms with Crippen molar-refractivity contribution in [2.24, 2.45) is 0 Å². The molecule has 1 aromatic rings. The van der Waals surface area contributed by atoms with Gasteiger partial charge >= 0.3 is 6.09 Å². The number of rotatable bonds is 1. The van der Waals surface area contributed by atoms with Crippen molar-refractivity contribution in [1.29, 1.82) is 0 Å². The fraction of sp³-hybridized carbons (Fsp3) is 0.538. The Balaban J connectivity index is 2.20. The molecule has 6 heteroatoms. The van der Waals surface area contributed by atoms with Crippen LogP contribution in [0.4, 0.5) is 10.5 Å². The van der Waals surface area contributed by atoms with E-state index >= 15 is 0 Å². The Morgan fingerprint density at radius 2 is 2.26 bits per heavy atom. The highest BCUT2D eigenvalue weighted by Crippen LogP contribution is 2.27. The topological polar surface area (TPSA) is 60.5 Å². The normalized spacial score (nSPS) is 14.7. The van der Waals surface area contributed by atoms with Crippen molar-refractivity contribution in [3.05, 3.63) is 22.5 Å². The highest BCUT2D eigenvalue weighted by atomic mass is 35.5. The van der Waals surface area contributed by atoms with E-state index in [-0.39, 0.29) is 0 Å². The molecule has 19 heavy (non-hydrogen) atoms. The summed E-state index contributed by atoms with van der Waals surface area (Å²) in [6.45, 7) is 6.47. The lowest BCUT2D eigenvalue weighted by atomic mass is 10.1. The second-order valence-electron chi connectivity index (χ2n) is 5.35. The number of hydrogen-bond acceptors (Lipinski definition) is 4. The molecule has 1 aliphatic heterocycles. The summed E-state index contributed by atoms with van der Waals surface area (Å²) in [6, 6.07) is 1.61. The monoisotopic (exact) mass is 284 g/mol. The molecule has 0 spiro atoms. The van der Waals surface area contributed by atoms with Crippen LogP contribution >= 0.6 is 11.6 Å². The number of anilines is 1. The van der Waals surface area contributed by atoms with E-state index in [1.807, 2.05) is 20.8 Å². The zero-order valence-corrected chi connectivity index (χ0v) is 12.0. The number of fused-ring (bicyclic) bond motifs is 1. The van der Waals surface area contributed by atoms with Gasteiger partial charge in [0.15, 0.2) is 0 Å². The molecule has 1 N–H and O–H groups in total. The van der Waals surface area contributed by atoms with Crippen molar-refractivity contribution >= 4 is 23.4 Å². The van der Waals surface area contributed by atoms with E-state index in [2.05, 4.69) is 10.3 Å². The number of amides is 1. The van der Waals surface area contributed by atoms with Crippen LogP contribution in [0.1, 0.15) is 32.0 Å². The number of ether oxygens (including phenoxy) is 2. The van der Waals surface area contributed by atoms with E-state index in [0.29, 0.717) is 30.5 Å². The SMILES string of the molecule is CC(C)(C)OC(=O)Nc1cc(Cl)nc2c1COCC2. The first-order valence-electron chi connectivity index (χ1n) is 6.11. The van der Waals surface area contributed by atoms with Gasteiger partial charge in [-0.15, -0.1) is 0 Å². The van der Waals surface area contributed by atoms with Crippen LogP contribution in [-0.4, -0.2) is 23.3 Å². The second kappa shape index (κ2) is 5.35. The Labute approximate surface area is 117 Å². The van der Waals surface area contributed by atoms with Gasteiger partial charge in [-0.2, -0.15) is 0 Å². The zero-order chi connectivity index (χ0) is 14.0. The number of carbonyl (C=O) groups excluding carboxylic acids is 1. The first-order valence-corrected chi connectivity index (χ1v) is 6.49. The molecule has 1 aliphatic rings. The number of pyridine rings is 1. The maximum absolute atomic E-state index is 11.8. The molecule has 1 amide bonds. The minimum Gasteiger partial charge on any atom is -0.444 e. The Kier molecular flexibility index (Phi) is 3.96. The van der Waals surface area contributed by atoms with E-state index < -0.39 is 11.7 Å². The molecule has 0 saturated heterocycles. The smallest absolute Gasteiger partial charge is 0.412 e. The summed E-state index contributed by atoms with van der Waals surface area (Å²) in [5.74, 6) is 0. The van der Waals surface area contributed by atoms with Crippen LogP contribution in [0.25, 0.3) is 0 Å². The van der Waals surface area contributed by atoms with Gasteiger partial charge in [0.2, 0.25) is 0 Å². The van der Waals surface area contributed by atoms with E-state index in [1.54, 1.807) is 6.07 Å². The maximum atomic E-state index is 11.8. The maximum Gasteiger partial charge on any atom is 0.412 e. The molecule has 0 atom stereocenters. The van der Waals surface area contributed by atoms with E-state index in [9.17, 15) is 4.79 Å². The van der Waals surface area contributed by atoms with Crippen molar-refractivity contribution in [3.63, 3.8) is 0 Å². The predicted molar refractivity (Wildman–Crippen MR) is 72.5 cm³/mol. The zero-order valence-electron chi connectivity index (χ0n) is 11.2.